The lowest BCUT2D eigenvalue weighted by atomic mass is 9.90. The fourth-order valence-electron chi connectivity index (χ4n) is 3.03. The molecular weight excluding hydrogens is 332 g/mol. The molecule has 0 saturated heterocycles. The van der Waals surface area contributed by atoms with Crippen molar-refractivity contribution >= 4 is 24.0 Å². The van der Waals surface area contributed by atoms with Gasteiger partial charge in [-0.25, -0.2) is 0 Å². The molecule has 0 bridgehead atoms. The van der Waals surface area contributed by atoms with Gasteiger partial charge in [0.2, 0.25) is 11.8 Å². The van der Waals surface area contributed by atoms with Gasteiger partial charge in [-0.2, -0.15) is 0 Å². The summed E-state index contributed by atoms with van der Waals surface area (Å²) >= 11 is 0. The van der Waals surface area contributed by atoms with Crippen LogP contribution in [0.2, 0.25) is 0 Å². The average molecular weight is 354 g/mol. The molecule has 0 radical (unpaired) electrons. The summed E-state index contributed by atoms with van der Waals surface area (Å²) in [5.41, 5.74) is 0. The molecule has 2 N–H and O–H groups in total. The third-order valence-electron chi connectivity index (χ3n) is 4.31. The van der Waals surface area contributed by atoms with Gasteiger partial charge in [-0.05, 0) is 49.3 Å². The first kappa shape index (κ1) is 17.8. The van der Waals surface area contributed by atoms with Crippen molar-refractivity contribution in [3.8, 4) is 0 Å². The van der Waals surface area contributed by atoms with Crippen LogP contribution in [-0.2, 0) is 9.59 Å². The summed E-state index contributed by atoms with van der Waals surface area (Å²) < 4.78 is 10.3. The van der Waals surface area contributed by atoms with Crippen LogP contribution >= 0.6 is 0 Å². The van der Waals surface area contributed by atoms with E-state index in [0.717, 1.165) is 25.7 Å². The maximum atomic E-state index is 12.1. The predicted octanol–water partition coefficient (Wildman–Crippen LogP) is 3.14. The topological polar surface area (TPSA) is 84.5 Å². The minimum Gasteiger partial charge on any atom is -0.465 e. The van der Waals surface area contributed by atoms with E-state index in [1.807, 2.05) is 0 Å². The van der Waals surface area contributed by atoms with Crippen molar-refractivity contribution in [2.24, 2.45) is 0 Å². The van der Waals surface area contributed by atoms with Gasteiger partial charge in [0.15, 0.2) is 0 Å². The van der Waals surface area contributed by atoms with Crippen molar-refractivity contribution < 1.29 is 18.4 Å². The SMILES string of the molecule is O=C(C=Cc1ccco1)NC1CCCCC1NC(=O)C=Cc1ccco1. The smallest absolute Gasteiger partial charge is 0.244 e. The first-order chi connectivity index (χ1) is 12.7. The van der Waals surface area contributed by atoms with Gasteiger partial charge in [-0.3, -0.25) is 9.59 Å². The molecular formula is C20H22N2O4. The number of amides is 2. The monoisotopic (exact) mass is 354 g/mol. The molecule has 2 amide bonds. The summed E-state index contributed by atoms with van der Waals surface area (Å²) in [6.07, 6.45) is 13.0. The average Bonchev–Trinajstić information content (AvgIpc) is 3.34. The second-order valence-electron chi connectivity index (χ2n) is 6.21. The third-order valence-corrected chi connectivity index (χ3v) is 4.31. The highest BCUT2D eigenvalue weighted by molar-refractivity contribution is 5.92. The van der Waals surface area contributed by atoms with Crippen LogP contribution in [0.25, 0.3) is 12.2 Å². The highest BCUT2D eigenvalue weighted by atomic mass is 16.3. The van der Waals surface area contributed by atoms with E-state index in [0.29, 0.717) is 11.5 Å². The minimum atomic E-state index is -0.196. The summed E-state index contributed by atoms with van der Waals surface area (Å²) in [5, 5.41) is 5.96. The Bertz CT molecular complexity index is 694. The first-order valence-corrected chi connectivity index (χ1v) is 8.75. The number of nitrogens with one attached hydrogen (secondary N) is 2. The number of carbonyl (C=O) groups excluding carboxylic acids is 2. The predicted molar refractivity (Wildman–Crippen MR) is 97.8 cm³/mol. The Balaban J connectivity index is 1.53. The highest BCUT2D eigenvalue weighted by Crippen LogP contribution is 2.19. The van der Waals surface area contributed by atoms with Crippen LogP contribution in [0.1, 0.15) is 37.2 Å². The van der Waals surface area contributed by atoms with Crippen LogP contribution in [0.15, 0.2) is 57.8 Å². The van der Waals surface area contributed by atoms with Crippen molar-refractivity contribution in [2.45, 2.75) is 37.8 Å². The Morgan fingerprint density at radius 1 is 0.846 bits per heavy atom. The molecule has 1 fully saturated rings. The normalized spacial score (nSPS) is 20.5. The zero-order valence-electron chi connectivity index (χ0n) is 14.4. The summed E-state index contributed by atoms with van der Waals surface area (Å²) in [6, 6.07) is 6.91. The molecule has 1 aliphatic carbocycles. The van der Waals surface area contributed by atoms with Crippen LogP contribution in [0.5, 0.6) is 0 Å². The largest absolute Gasteiger partial charge is 0.465 e. The maximum Gasteiger partial charge on any atom is 0.244 e. The molecule has 0 aromatic carbocycles. The van der Waals surface area contributed by atoms with E-state index in [1.54, 1.807) is 48.9 Å². The summed E-state index contributed by atoms with van der Waals surface area (Å²) in [6.45, 7) is 0. The van der Waals surface area contributed by atoms with Crippen molar-refractivity contribution in [1.29, 1.82) is 0 Å². The van der Waals surface area contributed by atoms with Crippen LogP contribution in [0.4, 0.5) is 0 Å². The van der Waals surface area contributed by atoms with Gasteiger partial charge in [-0.1, -0.05) is 12.8 Å². The molecule has 2 aromatic rings. The van der Waals surface area contributed by atoms with E-state index in [4.69, 9.17) is 8.83 Å². The number of hydrogen-bond donors (Lipinski definition) is 2. The van der Waals surface area contributed by atoms with Crippen LogP contribution in [0, 0.1) is 0 Å². The zero-order chi connectivity index (χ0) is 18.2. The molecule has 1 saturated carbocycles. The summed E-state index contributed by atoms with van der Waals surface area (Å²) in [7, 11) is 0. The summed E-state index contributed by atoms with van der Waals surface area (Å²) in [5.74, 6) is 0.853. The van der Waals surface area contributed by atoms with E-state index in [2.05, 4.69) is 10.6 Å². The van der Waals surface area contributed by atoms with Gasteiger partial charge in [0.05, 0.1) is 12.5 Å². The molecule has 0 spiro atoms. The lowest BCUT2D eigenvalue weighted by Gasteiger charge is -2.32. The van der Waals surface area contributed by atoms with E-state index >= 15 is 0 Å². The van der Waals surface area contributed by atoms with Gasteiger partial charge >= 0.3 is 0 Å². The molecule has 2 heterocycles. The highest BCUT2D eigenvalue weighted by Gasteiger charge is 2.26. The Kier molecular flexibility index (Phi) is 6.09. The third kappa shape index (κ3) is 5.24. The number of hydrogen-bond acceptors (Lipinski definition) is 4. The molecule has 136 valence electrons. The molecule has 6 nitrogen and oxygen atoms in total. The number of furan rings is 2. The van der Waals surface area contributed by atoms with Gasteiger partial charge in [-0.15, -0.1) is 0 Å². The van der Waals surface area contributed by atoms with E-state index in [9.17, 15) is 9.59 Å². The Morgan fingerprint density at radius 2 is 1.31 bits per heavy atom. The van der Waals surface area contributed by atoms with E-state index in [1.165, 1.54) is 12.2 Å². The van der Waals surface area contributed by atoms with Gasteiger partial charge in [0.1, 0.15) is 11.5 Å². The van der Waals surface area contributed by atoms with Crippen molar-refractivity contribution in [3.05, 3.63) is 60.5 Å². The molecule has 2 unspecified atom stereocenters. The molecule has 26 heavy (non-hydrogen) atoms. The van der Waals surface area contributed by atoms with Crippen LogP contribution in [0.3, 0.4) is 0 Å². The van der Waals surface area contributed by atoms with Gasteiger partial charge in [0, 0.05) is 24.2 Å². The van der Waals surface area contributed by atoms with Gasteiger partial charge < -0.3 is 19.5 Å². The first-order valence-electron chi connectivity index (χ1n) is 8.75. The molecule has 6 heteroatoms. The van der Waals surface area contributed by atoms with Gasteiger partial charge in [0.25, 0.3) is 0 Å². The Hall–Kier alpha value is -3.02. The van der Waals surface area contributed by atoms with Crippen molar-refractivity contribution in [3.63, 3.8) is 0 Å². The Morgan fingerprint density at radius 3 is 1.69 bits per heavy atom. The molecule has 0 aliphatic heterocycles. The fourth-order valence-corrected chi connectivity index (χ4v) is 3.03. The van der Waals surface area contributed by atoms with Crippen molar-refractivity contribution in [2.75, 3.05) is 0 Å². The zero-order valence-corrected chi connectivity index (χ0v) is 14.4. The minimum absolute atomic E-state index is 0.0848. The standard InChI is InChI=1S/C20H22N2O4/c23-19(11-9-15-5-3-13-25-15)21-17-7-1-2-8-18(17)22-20(24)12-10-16-6-4-14-26-16/h3-6,9-14,17-18H,1-2,7-8H2,(H,21,23)(H,22,24). The second kappa shape index (κ2) is 8.89. The molecule has 3 rings (SSSR count). The molecule has 1 aliphatic rings. The lowest BCUT2D eigenvalue weighted by molar-refractivity contribution is -0.120. The Labute approximate surface area is 151 Å². The number of rotatable bonds is 6. The van der Waals surface area contributed by atoms with E-state index in [-0.39, 0.29) is 23.9 Å². The lowest BCUT2D eigenvalue weighted by Crippen LogP contribution is -2.52. The fraction of sp³-hybridized carbons (Fsp3) is 0.300. The number of carbonyl (C=O) groups is 2. The maximum absolute atomic E-state index is 12.1. The van der Waals surface area contributed by atoms with Crippen molar-refractivity contribution in [1.82, 2.24) is 10.6 Å². The second-order valence-corrected chi connectivity index (χ2v) is 6.21. The van der Waals surface area contributed by atoms with Crippen LogP contribution < -0.4 is 10.6 Å². The summed E-state index contributed by atoms with van der Waals surface area (Å²) in [4.78, 5) is 24.3. The quantitative estimate of drug-likeness (QED) is 0.781. The van der Waals surface area contributed by atoms with E-state index < -0.39 is 0 Å². The van der Waals surface area contributed by atoms with Crippen LogP contribution in [-0.4, -0.2) is 23.9 Å². The molecule has 2 atom stereocenters. The molecule has 2 aromatic heterocycles.